The molecule has 0 aromatic carbocycles. The van der Waals surface area contributed by atoms with Crippen LogP contribution in [-0.4, -0.2) is 29.0 Å². The van der Waals surface area contributed by atoms with Gasteiger partial charge in [-0.3, -0.25) is 4.68 Å². The van der Waals surface area contributed by atoms with E-state index in [1.54, 1.807) is 6.20 Å². The molecule has 1 saturated heterocycles. The number of ether oxygens (including phenoxy) is 1. The maximum Gasteiger partial charge on any atom is 0.0564 e. The maximum absolute atomic E-state index is 6.03. The van der Waals surface area contributed by atoms with Crippen molar-refractivity contribution >= 4 is 0 Å². The molecule has 0 spiro atoms. The van der Waals surface area contributed by atoms with Gasteiger partial charge in [0, 0.05) is 31.0 Å². The van der Waals surface area contributed by atoms with Crippen LogP contribution in [0.5, 0.6) is 0 Å². The van der Waals surface area contributed by atoms with Crippen molar-refractivity contribution in [1.82, 2.24) is 9.78 Å². The molecule has 0 amide bonds. The van der Waals surface area contributed by atoms with Gasteiger partial charge in [-0.1, -0.05) is 0 Å². The molecule has 2 unspecified atom stereocenters. The average molecular weight is 181 g/mol. The fraction of sp³-hybridized carbons (Fsp3) is 0.667. The third-order valence-corrected chi connectivity index (χ3v) is 2.53. The number of hydrogen-bond donors (Lipinski definition) is 1. The van der Waals surface area contributed by atoms with E-state index in [0.29, 0.717) is 5.92 Å². The average Bonchev–Trinajstić information content (AvgIpc) is 2.74. The summed E-state index contributed by atoms with van der Waals surface area (Å²) in [5.74, 6) is 0.504. The van der Waals surface area contributed by atoms with Crippen molar-refractivity contribution in [3.8, 4) is 0 Å². The lowest BCUT2D eigenvalue weighted by Crippen LogP contribution is -2.34. The predicted molar refractivity (Wildman–Crippen MR) is 49.1 cm³/mol. The third kappa shape index (κ3) is 2.08. The minimum absolute atomic E-state index is 0.169. The Labute approximate surface area is 77.7 Å². The second-order valence-electron chi connectivity index (χ2n) is 3.52. The summed E-state index contributed by atoms with van der Waals surface area (Å²) in [6.07, 6.45) is 4.80. The molecule has 1 aromatic heterocycles. The second kappa shape index (κ2) is 3.89. The van der Waals surface area contributed by atoms with Crippen LogP contribution in [0.25, 0.3) is 0 Å². The van der Waals surface area contributed by atoms with Crippen LogP contribution in [0, 0.1) is 5.92 Å². The highest BCUT2D eigenvalue weighted by atomic mass is 16.5. The van der Waals surface area contributed by atoms with Crippen LogP contribution < -0.4 is 5.73 Å². The van der Waals surface area contributed by atoms with Gasteiger partial charge in [0.2, 0.25) is 0 Å². The summed E-state index contributed by atoms with van der Waals surface area (Å²) in [6.45, 7) is 2.46. The predicted octanol–water partition coefficient (Wildman–Crippen LogP) is 0.247. The Bertz CT molecular complexity index is 241. The van der Waals surface area contributed by atoms with Crippen LogP contribution in [0.2, 0.25) is 0 Å². The third-order valence-electron chi connectivity index (χ3n) is 2.53. The van der Waals surface area contributed by atoms with Crippen LogP contribution in [0.1, 0.15) is 6.42 Å². The Morgan fingerprint density at radius 1 is 1.69 bits per heavy atom. The molecule has 4 heteroatoms. The Kier molecular flexibility index (Phi) is 2.61. The minimum Gasteiger partial charge on any atom is -0.381 e. The largest absolute Gasteiger partial charge is 0.381 e. The summed E-state index contributed by atoms with van der Waals surface area (Å²) < 4.78 is 7.17. The molecule has 13 heavy (non-hydrogen) atoms. The van der Waals surface area contributed by atoms with Gasteiger partial charge in [0.15, 0.2) is 0 Å². The topological polar surface area (TPSA) is 53.1 Å². The molecule has 1 aliphatic rings. The summed E-state index contributed by atoms with van der Waals surface area (Å²) in [5.41, 5.74) is 6.03. The standard InChI is InChI=1S/C9H15N3O/c10-9(8-2-5-13-7-8)6-12-4-1-3-11-12/h1,3-4,8-9H,2,5-7,10H2. The highest BCUT2D eigenvalue weighted by Gasteiger charge is 2.22. The highest BCUT2D eigenvalue weighted by Crippen LogP contribution is 2.16. The van der Waals surface area contributed by atoms with Crippen LogP contribution in [-0.2, 0) is 11.3 Å². The zero-order valence-electron chi connectivity index (χ0n) is 7.60. The second-order valence-corrected chi connectivity index (χ2v) is 3.52. The van der Waals surface area contributed by atoms with Crippen molar-refractivity contribution in [1.29, 1.82) is 0 Å². The number of nitrogens with two attached hydrogens (primary N) is 1. The van der Waals surface area contributed by atoms with Crippen molar-refractivity contribution in [2.45, 2.75) is 19.0 Å². The van der Waals surface area contributed by atoms with E-state index in [-0.39, 0.29) is 6.04 Å². The molecule has 2 heterocycles. The maximum atomic E-state index is 6.03. The lowest BCUT2D eigenvalue weighted by Gasteiger charge is -2.17. The van der Waals surface area contributed by atoms with Gasteiger partial charge < -0.3 is 10.5 Å². The Hall–Kier alpha value is -0.870. The fourth-order valence-electron chi connectivity index (χ4n) is 1.66. The van der Waals surface area contributed by atoms with E-state index in [0.717, 1.165) is 26.2 Å². The van der Waals surface area contributed by atoms with Gasteiger partial charge in [0.1, 0.15) is 0 Å². The first-order valence-corrected chi connectivity index (χ1v) is 4.67. The van der Waals surface area contributed by atoms with E-state index < -0.39 is 0 Å². The van der Waals surface area contributed by atoms with E-state index in [9.17, 15) is 0 Å². The molecule has 4 nitrogen and oxygen atoms in total. The van der Waals surface area contributed by atoms with Crippen LogP contribution in [0.4, 0.5) is 0 Å². The summed E-state index contributed by atoms with van der Waals surface area (Å²) in [5, 5.41) is 4.12. The van der Waals surface area contributed by atoms with Crippen molar-refractivity contribution in [2.75, 3.05) is 13.2 Å². The molecule has 2 N–H and O–H groups in total. The first-order chi connectivity index (χ1) is 6.36. The Morgan fingerprint density at radius 3 is 3.23 bits per heavy atom. The molecule has 0 radical (unpaired) electrons. The van der Waals surface area contributed by atoms with E-state index >= 15 is 0 Å². The summed E-state index contributed by atoms with van der Waals surface area (Å²) in [4.78, 5) is 0. The van der Waals surface area contributed by atoms with Gasteiger partial charge in [-0.25, -0.2) is 0 Å². The van der Waals surface area contributed by atoms with Crippen molar-refractivity contribution in [2.24, 2.45) is 11.7 Å². The van der Waals surface area contributed by atoms with Crippen molar-refractivity contribution < 1.29 is 4.74 Å². The first kappa shape index (κ1) is 8.72. The van der Waals surface area contributed by atoms with Gasteiger partial charge in [0.25, 0.3) is 0 Å². The van der Waals surface area contributed by atoms with Gasteiger partial charge >= 0.3 is 0 Å². The smallest absolute Gasteiger partial charge is 0.0564 e. The van der Waals surface area contributed by atoms with E-state index in [1.807, 2.05) is 16.9 Å². The number of nitrogens with zero attached hydrogens (tertiary/aromatic N) is 2. The van der Waals surface area contributed by atoms with Gasteiger partial charge in [-0.05, 0) is 12.5 Å². The Balaban J connectivity index is 1.87. The summed E-state index contributed by atoms with van der Waals surface area (Å²) in [6, 6.07) is 2.08. The van der Waals surface area contributed by atoms with Crippen LogP contribution >= 0.6 is 0 Å². The fourth-order valence-corrected chi connectivity index (χ4v) is 1.66. The SMILES string of the molecule is NC(Cn1cccn1)C1CCOC1. The van der Waals surface area contributed by atoms with Gasteiger partial charge in [0.05, 0.1) is 13.2 Å². The summed E-state index contributed by atoms with van der Waals surface area (Å²) in [7, 11) is 0. The van der Waals surface area contributed by atoms with Gasteiger partial charge in [-0.2, -0.15) is 5.10 Å². The molecule has 2 rings (SSSR count). The normalized spacial score (nSPS) is 24.8. The molecule has 1 aromatic rings. The van der Waals surface area contributed by atoms with E-state index in [2.05, 4.69) is 5.10 Å². The molecule has 0 saturated carbocycles. The van der Waals surface area contributed by atoms with Gasteiger partial charge in [-0.15, -0.1) is 0 Å². The highest BCUT2D eigenvalue weighted by molar-refractivity contribution is 4.82. The van der Waals surface area contributed by atoms with E-state index in [1.165, 1.54) is 0 Å². The molecular weight excluding hydrogens is 166 g/mol. The van der Waals surface area contributed by atoms with Crippen molar-refractivity contribution in [3.63, 3.8) is 0 Å². The number of rotatable bonds is 3. The molecule has 1 fully saturated rings. The molecular formula is C9H15N3O. The van der Waals surface area contributed by atoms with Crippen LogP contribution in [0.15, 0.2) is 18.5 Å². The van der Waals surface area contributed by atoms with Crippen LogP contribution in [0.3, 0.4) is 0 Å². The quantitative estimate of drug-likeness (QED) is 0.727. The molecule has 1 aliphatic heterocycles. The summed E-state index contributed by atoms with van der Waals surface area (Å²) >= 11 is 0. The molecule has 2 atom stereocenters. The molecule has 0 bridgehead atoms. The minimum atomic E-state index is 0.169. The van der Waals surface area contributed by atoms with Crippen molar-refractivity contribution in [3.05, 3.63) is 18.5 Å². The zero-order chi connectivity index (χ0) is 9.10. The monoisotopic (exact) mass is 181 g/mol. The molecule has 72 valence electrons. The Morgan fingerprint density at radius 2 is 2.62 bits per heavy atom. The number of aromatic nitrogens is 2. The lowest BCUT2D eigenvalue weighted by atomic mass is 10.0. The lowest BCUT2D eigenvalue weighted by molar-refractivity contribution is 0.178. The number of hydrogen-bond acceptors (Lipinski definition) is 3. The first-order valence-electron chi connectivity index (χ1n) is 4.67. The zero-order valence-corrected chi connectivity index (χ0v) is 7.60. The molecule has 0 aliphatic carbocycles. The van der Waals surface area contributed by atoms with E-state index in [4.69, 9.17) is 10.5 Å².